The average Bonchev–Trinajstić information content (AvgIpc) is 2.43. The van der Waals surface area contributed by atoms with E-state index in [0.29, 0.717) is 0 Å². The molecule has 4 heteroatoms. The maximum absolute atomic E-state index is 5.17. The van der Waals surface area contributed by atoms with E-state index in [0.717, 1.165) is 45.9 Å². The van der Waals surface area contributed by atoms with Crippen molar-refractivity contribution in [1.29, 1.82) is 0 Å². The molecule has 0 aromatic heterocycles. The molecule has 0 N–H and O–H groups in total. The molecule has 0 aliphatic heterocycles. The first-order valence-corrected chi connectivity index (χ1v) is 6.79. The Morgan fingerprint density at radius 2 is 1.00 bits per heavy atom. The van der Waals surface area contributed by atoms with E-state index in [1.807, 2.05) is 20.8 Å². The highest BCUT2D eigenvalue weighted by atomic mass is 16.5. The van der Waals surface area contributed by atoms with Crippen LogP contribution >= 0.6 is 0 Å². The number of hydrogen-bond acceptors (Lipinski definition) is 4. The van der Waals surface area contributed by atoms with Gasteiger partial charge in [-0.05, 0) is 40.0 Å². The fourth-order valence-electron chi connectivity index (χ4n) is 0.772. The van der Waals surface area contributed by atoms with Gasteiger partial charge >= 0.3 is 0 Å². The van der Waals surface area contributed by atoms with E-state index in [4.69, 9.17) is 9.47 Å². The largest absolute Gasteiger partial charge is 0.385 e. The monoisotopic (exact) mass is 266 g/mol. The van der Waals surface area contributed by atoms with Crippen molar-refractivity contribution >= 4 is 0 Å². The Morgan fingerprint density at radius 1 is 0.556 bits per heavy atom. The summed E-state index contributed by atoms with van der Waals surface area (Å²) in [5.74, 6) is 0. The number of ether oxygens (including phenoxy) is 4. The van der Waals surface area contributed by atoms with Crippen molar-refractivity contribution < 1.29 is 18.9 Å². The first-order chi connectivity index (χ1) is 8.74. The van der Waals surface area contributed by atoms with Crippen LogP contribution in [0.2, 0.25) is 0 Å². The number of methoxy groups -OCH3 is 3. The second-order valence-corrected chi connectivity index (χ2v) is 3.41. The topological polar surface area (TPSA) is 36.9 Å². The summed E-state index contributed by atoms with van der Waals surface area (Å²) in [6.45, 7) is 10.2. The Hall–Kier alpha value is -0.160. The van der Waals surface area contributed by atoms with Crippen LogP contribution in [0.3, 0.4) is 0 Å². The molecule has 114 valence electrons. The summed E-state index contributed by atoms with van der Waals surface area (Å²) in [5.41, 5.74) is 0. The van der Waals surface area contributed by atoms with E-state index in [-0.39, 0.29) is 0 Å². The molecule has 0 saturated carbocycles. The van der Waals surface area contributed by atoms with Crippen LogP contribution in [0.1, 0.15) is 40.0 Å². The molecule has 0 amide bonds. The molecule has 0 atom stereocenters. The normalized spacial score (nSPS) is 9.00. The van der Waals surface area contributed by atoms with Crippen LogP contribution in [0.4, 0.5) is 0 Å². The lowest BCUT2D eigenvalue weighted by molar-refractivity contribution is 0.138. The minimum atomic E-state index is 0.819. The molecule has 18 heavy (non-hydrogen) atoms. The first kappa shape index (κ1) is 23.0. The molecule has 0 fully saturated rings. The van der Waals surface area contributed by atoms with Crippen molar-refractivity contribution in [2.75, 3.05) is 54.4 Å². The van der Waals surface area contributed by atoms with Crippen LogP contribution in [0.25, 0.3) is 0 Å². The standard InChI is InChI=1S/C8H18O2.2C3H8O/c1-3-10-8-6-4-5-7-9-2;2*1-3-4-2/h3-8H2,1-2H3;2*3H2,1-2H3. The third kappa shape index (κ3) is 44.6. The third-order valence-corrected chi connectivity index (χ3v) is 1.92. The van der Waals surface area contributed by atoms with Crippen molar-refractivity contribution in [3.63, 3.8) is 0 Å². The van der Waals surface area contributed by atoms with E-state index in [1.54, 1.807) is 21.3 Å². The van der Waals surface area contributed by atoms with Crippen LogP contribution in [-0.2, 0) is 18.9 Å². The van der Waals surface area contributed by atoms with Gasteiger partial charge < -0.3 is 18.9 Å². The SMILES string of the molecule is CCOC.CCOC.CCOCCCCCOC. The minimum absolute atomic E-state index is 0.819. The van der Waals surface area contributed by atoms with Gasteiger partial charge in [0.2, 0.25) is 0 Å². The zero-order valence-corrected chi connectivity index (χ0v) is 13.3. The molecule has 0 aromatic rings. The maximum Gasteiger partial charge on any atom is 0.0465 e. The minimum Gasteiger partial charge on any atom is -0.385 e. The first-order valence-electron chi connectivity index (χ1n) is 6.79. The summed E-state index contributed by atoms with van der Waals surface area (Å²) in [6.07, 6.45) is 3.54. The summed E-state index contributed by atoms with van der Waals surface area (Å²) < 4.78 is 19.2. The fraction of sp³-hybridized carbons (Fsp3) is 1.00. The summed E-state index contributed by atoms with van der Waals surface area (Å²) in [7, 11) is 5.10. The smallest absolute Gasteiger partial charge is 0.0465 e. The van der Waals surface area contributed by atoms with Gasteiger partial charge in [0.25, 0.3) is 0 Å². The van der Waals surface area contributed by atoms with Crippen molar-refractivity contribution in [2.24, 2.45) is 0 Å². The van der Waals surface area contributed by atoms with Crippen LogP contribution in [0, 0.1) is 0 Å². The fourth-order valence-corrected chi connectivity index (χ4v) is 0.772. The molecular formula is C14H34O4. The summed E-state index contributed by atoms with van der Waals surface area (Å²) >= 11 is 0. The Labute approximate surface area is 114 Å². The summed E-state index contributed by atoms with van der Waals surface area (Å²) in [4.78, 5) is 0. The van der Waals surface area contributed by atoms with Gasteiger partial charge in [0.05, 0.1) is 0 Å². The molecule has 0 aliphatic carbocycles. The van der Waals surface area contributed by atoms with Crippen molar-refractivity contribution in [3.05, 3.63) is 0 Å². The zero-order chi connectivity index (χ0) is 14.5. The van der Waals surface area contributed by atoms with Gasteiger partial charge in [-0.3, -0.25) is 0 Å². The average molecular weight is 266 g/mol. The van der Waals surface area contributed by atoms with Gasteiger partial charge in [-0.2, -0.15) is 0 Å². The lowest BCUT2D eigenvalue weighted by Crippen LogP contribution is -1.94. The van der Waals surface area contributed by atoms with Gasteiger partial charge in [-0.25, -0.2) is 0 Å². The molecule has 0 heterocycles. The molecule has 0 saturated heterocycles. The van der Waals surface area contributed by atoms with Crippen molar-refractivity contribution in [2.45, 2.75) is 40.0 Å². The van der Waals surface area contributed by atoms with E-state index in [2.05, 4.69) is 9.47 Å². The third-order valence-electron chi connectivity index (χ3n) is 1.92. The highest BCUT2D eigenvalue weighted by Gasteiger charge is 1.87. The highest BCUT2D eigenvalue weighted by Crippen LogP contribution is 1.95. The van der Waals surface area contributed by atoms with E-state index < -0.39 is 0 Å². The molecule has 0 aliphatic rings. The predicted octanol–water partition coefficient (Wildman–Crippen LogP) is 3.15. The van der Waals surface area contributed by atoms with E-state index >= 15 is 0 Å². The lowest BCUT2D eigenvalue weighted by Gasteiger charge is -2.00. The lowest BCUT2D eigenvalue weighted by atomic mass is 10.2. The predicted molar refractivity (Wildman–Crippen MR) is 77.3 cm³/mol. The van der Waals surface area contributed by atoms with Crippen LogP contribution in [-0.4, -0.2) is 54.4 Å². The molecule has 4 nitrogen and oxygen atoms in total. The highest BCUT2D eigenvalue weighted by molar-refractivity contribution is 4.39. The molecule has 0 bridgehead atoms. The van der Waals surface area contributed by atoms with Crippen LogP contribution in [0.5, 0.6) is 0 Å². The van der Waals surface area contributed by atoms with E-state index in [9.17, 15) is 0 Å². The molecule has 0 spiro atoms. The van der Waals surface area contributed by atoms with Gasteiger partial charge in [-0.1, -0.05) is 0 Å². The Bertz CT molecular complexity index is 83.8. The van der Waals surface area contributed by atoms with Crippen LogP contribution in [0.15, 0.2) is 0 Å². The molecule has 0 aromatic carbocycles. The molecule has 0 unspecified atom stereocenters. The zero-order valence-electron chi connectivity index (χ0n) is 13.3. The number of hydrogen-bond donors (Lipinski definition) is 0. The Kier molecular flexibility index (Phi) is 38.5. The number of unbranched alkanes of at least 4 members (excludes halogenated alkanes) is 2. The Morgan fingerprint density at radius 3 is 1.33 bits per heavy atom. The Balaban J connectivity index is -0.000000233. The second kappa shape index (κ2) is 30.1. The van der Waals surface area contributed by atoms with Crippen molar-refractivity contribution in [1.82, 2.24) is 0 Å². The summed E-state index contributed by atoms with van der Waals surface area (Å²) in [6, 6.07) is 0. The van der Waals surface area contributed by atoms with Gasteiger partial charge in [0.1, 0.15) is 0 Å². The summed E-state index contributed by atoms with van der Waals surface area (Å²) in [5, 5.41) is 0. The second-order valence-electron chi connectivity index (χ2n) is 3.41. The van der Waals surface area contributed by atoms with Gasteiger partial charge in [-0.15, -0.1) is 0 Å². The van der Waals surface area contributed by atoms with Gasteiger partial charge in [0, 0.05) is 54.4 Å². The molecular weight excluding hydrogens is 232 g/mol. The molecule has 0 rings (SSSR count). The van der Waals surface area contributed by atoms with Gasteiger partial charge in [0.15, 0.2) is 0 Å². The molecule has 0 radical (unpaired) electrons. The van der Waals surface area contributed by atoms with Crippen LogP contribution < -0.4 is 0 Å². The number of rotatable bonds is 9. The quantitative estimate of drug-likeness (QED) is 0.601. The maximum atomic E-state index is 5.17. The van der Waals surface area contributed by atoms with E-state index in [1.165, 1.54) is 6.42 Å². The van der Waals surface area contributed by atoms with Crippen molar-refractivity contribution in [3.8, 4) is 0 Å².